The van der Waals surface area contributed by atoms with Crippen LogP contribution < -0.4 is 4.90 Å². The summed E-state index contributed by atoms with van der Waals surface area (Å²) in [5.41, 5.74) is 0.659. The van der Waals surface area contributed by atoms with Crippen LogP contribution in [-0.4, -0.2) is 40.2 Å². The molecule has 0 aromatic carbocycles. The minimum atomic E-state index is -0.516. The minimum absolute atomic E-state index is 0.180. The smallest absolute Gasteiger partial charge is 0.416 e. The highest BCUT2D eigenvalue weighted by Crippen LogP contribution is 2.39. The lowest BCUT2D eigenvalue weighted by Gasteiger charge is -2.41. The Kier molecular flexibility index (Phi) is 6.64. The maximum Gasteiger partial charge on any atom is 0.416 e. The van der Waals surface area contributed by atoms with Gasteiger partial charge in [0.1, 0.15) is 11.4 Å². The van der Waals surface area contributed by atoms with Crippen molar-refractivity contribution in [3.8, 4) is 0 Å². The average molecular weight is 388 g/mol. The maximum absolute atomic E-state index is 13.2. The zero-order chi connectivity index (χ0) is 20.3. The molecule has 0 spiro atoms. The fraction of sp³-hybridized carbons (Fsp3) is 0.739. The normalized spacial score (nSPS) is 21.9. The summed E-state index contributed by atoms with van der Waals surface area (Å²) in [6.45, 7) is 11.4. The van der Waals surface area contributed by atoms with Gasteiger partial charge in [0.15, 0.2) is 0 Å². The molecular formula is C23H37N3O2. The monoisotopic (exact) mass is 387 g/mol. The van der Waals surface area contributed by atoms with Crippen molar-refractivity contribution in [1.82, 2.24) is 9.88 Å². The molecule has 2 fully saturated rings. The van der Waals surface area contributed by atoms with Crippen molar-refractivity contribution in [2.24, 2.45) is 0 Å². The number of carbonyl (C=O) groups excluding carboxylic acids is 1. The van der Waals surface area contributed by atoms with Gasteiger partial charge in [-0.15, -0.1) is 0 Å². The average Bonchev–Trinajstić information content (AvgIpc) is 3.15. The number of amides is 1. The molecule has 2 aliphatic rings. The van der Waals surface area contributed by atoms with Gasteiger partial charge in [0, 0.05) is 29.9 Å². The summed E-state index contributed by atoms with van der Waals surface area (Å²) in [6.07, 6.45) is 9.49. The number of pyridine rings is 1. The maximum atomic E-state index is 13.2. The van der Waals surface area contributed by atoms with Crippen LogP contribution in [0.15, 0.2) is 18.3 Å². The van der Waals surface area contributed by atoms with Crippen LogP contribution in [0.4, 0.5) is 10.6 Å². The first-order chi connectivity index (χ1) is 13.3. The number of hydrogen-bond donors (Lipinski definition) is 0. The van der Waals surface area contributed by atoms with Crippen molar-refractivity contribution in [2.75, 3.05) is 11.4 Å². The molecule has 28 heavy (non-hydrogen) atoms. The van der Waals surface area contributed by atoms with E-state index in [1.54, 1.807) is 0 Å². The van der Waals surface area contributed by atoms with Gasteiger partial charge in [-0.25, -0.2) is 9.78 Å². The van der Waals surface area contributed by atoms with E-state index in [0.29, 0.717) is 12.1 Å². The fourth-order valence-electron chi connectivity index (χ4n) is 4.66. The zero-order valence-corrected chi connectivity index (χ0v) is 18.3. The number of aromatic nitrogens is 1. The lowest BCUT2D eigenvalue weighted by atomic mass is 9.93. The summed E-state index contributed by atoms with van der Waals surface area (Å²) in [7, 11) is 0. The Morgan fingerprint density at radius 3 is 2.50 bits per heavy atom. The molecule has 3 rings (SSSR count). The van der Waals surface area contributed by atoms with Gasteiger partial charge in [-0.05, 0) is 72.9 Å². The number of piperidine rings is 1. The molecule has 0 radical (unpaired) electrons. The first-order valence-electron chi connectivity index (χ1n) is 11.0. The minimum Gasteiger partial charge on any atom is -0.443 e. The van der Waals surface area contributed by atoms with Crippen LogP contribution in [0.25, 0.3) is 0 Å². The van der Waals surface area contributed by atoms with E-state index >= 15 is 0 Å². The van der Waals surface area contributed by atoms with Crippen LogP contribution in [0, 0.1) is 0 Å². The SMILES string of the molecule is CC(C)N1CCCC[C@H]1c1cccnc1N(C(=O)OC(C)(C)C)C1CCCC1. The molecule has 0 unspecified atom stereocenters. The van der Waals surface area contributed by atoms with Crippen molar-refractivity contribution in [2.45, 2.75) is 103 Å². The summed E-state index contributed by atoms with van der Waals surface area (Å²) in [5, 5.41) is 0. The van der Waals surface area contributed by atoms with Gasteiger partial charge in [-0.2, -0.15) is 0 Å². The molecule has 1 saturated carbocycles. The Morgan fingerprint density at radius 1 is 1.18 bits per heavy atom. The molecular weight excluding hydrogens is 350 g/mol. The summed E-state index contributed by atoms with van der Waals surface area (Å²) in [4.78, 5) is 22.4. The Balaban J connectivity index is 1.99. The van der Waals surface area contributed by atoms with Crippen molar-refractivity contribution >= 4 is 11.9 Å². The molecule has 1 saturated heterocycles. The molecule has 1 aromatic heterocycles. The van der Waals surface area contributed by atoms with E-state index in [-0.39, 0.29) is 12.1 Å². The van der Waals surface area contributed by atoms with E-state index in [2.05, 4.69) is 24.8 Å². The highest BCUT2D eigenvalue weighted by Gasteiger charge is 2.36. The topological polar surface area (TPSA) is 45.7 Å². The van der Waals surface area contributed by atoms with E-state index in [1.165, 1.54) is 18.4 Å². The van der Waals surface area contributed by atoms with Gasteiger partial charge in [-0.1, -0.05) is 25.3 Å². The molecule has 2 heterocycles. The number of rotatable bonds is 4. The molecule has 5 heteroatoms. The standard InChI is InChI=1S/C23H37N3O2/c1-17(2)25-16-9-8-14-20(25)19-13-10-15-24-21(19)26(18-11-6-7-12-18)22(27)28-23(3,4)5/h10,13,15,17-18,20H,6-9,11-12,14,16H2,1-5H3/t20-/m0/s1. The Labute approximate surface area is 170 Å². The molecule has 5 nitrogen and oxygen atoms in total. The molecule has 1 aliphatic heterocycles. The quantitative estimate of drug-likeness (QED) is 0.665. The van der Waals surface area contributed by atoms with Crippen molar-refractivity contribution < 1.29 is 9.53 Å². The number of carbonyl (C=O) groups is 1. The zero-order valence-electron chi connectivity index (χ0n) is 18.3. The second-order valence-corrected chi connectivity index (χ2v) is 9.55. The number of likely N-dealkylation sites (tertiary alicyclic amines) is 1. The summed E-state index contributed by atoms with van der Waals surface area (Å²) in [6, 6.07) is 5.14. The van der Waals surface area contributed by atoms with Crippen molar-refractivity contribution in [1.29, 1.82) is 0 Å². The van der Waals surface area contributed by atoms with Gasteiger partial charge in [0.25, 0.3) is 0 Å². The van der Waals surface area contributed by atoms with Crippen molar-refractivity contribution in [3.05, 3.63) is 23.9 Å². The Bertz CT molecular complexity index is 662. The van der Waals surface area contributed by atoms with Crippen LogP contribution >= 0.6 is 0 Å². The van der Waals surface area contributed by atoms with Crippen LogP contribution in [0.1, 0.15) is 91.2 Å². The molecule has 1 aliphatic carbocycles. The van der Waals surface area contributed by atoms with Gasteiger partial charge in [0.05, 0.1) is 0 Å². The summed E-state index contributed by atoms with van der Waals surface area (Å²) < 4.78 is 5.82. The molecule has 1 atom stereocenters. The van der Waals surface area contributed by atoms with Gasteiger partial charge in [-0.3, -0.25) is 9.80 Å². The third kappa shape index (κ3) is 4.86. The summed E-state index contributed by atoms with van der Waals surface area (Å²) >= 11 is 0. The third-order valence-electron chi connectivity index (χ3n) is 5.89. The first kappa shape index (κ1) is 21.1. The number of ether oxygens (including phenoxy) is 1. The fourth-order valence-corrected chi connectivity index (χ4v) is 4.66. The second-order valence-electron chi connectivity index (χ2n) is 9.55. The van der Waals surface area contributed by atoms with E-state index in [1.807, 2.05) is 37.9 Å². The van der Waals surface area contributed by atoms with E-state index in [9.17, 15) is 4.79 Å². The molecule has 0 bridgehead atoms. The second kappa shape index (κ2) is 8.81. The first-order valence-corrected chi connectivity index (χ1v) is 11.0. The van der Waals surface area contributed by atoms with Gasteiger partial charge in [0.2, 0.25) is 0 Å². The molecule has 0 N–H and O–H groups in total. The molecule has 1 aromatic rings. The highest BCUT2D eigenvalue weighted by atomic mass is 16.6. The van der Waals surface area contributed by atoms with E-state index in [4.69, 9.17) is 9.72 Å². The predicted octanol–water partition coefficient (Wildman–Crippen LogP) is 5.70. The summed E-state index contributed by atoms with van der Waals surface area (Å²) in [5.74, 6) is 0.807. The van der Waals surface area contributed by atoms with Crippen molar-refractivity contribution in [3.63, 3.8) is 0 Å². The van der Waals surface area contributed by atoms with Gasteiger partial charge >= 0.3 is 6.09 Å². The molecule has 156 valence electrons. The Morgan fingerprint density at radius 2 is 1.86 bits per heavy atom. The highest BCUT2D eigenvalue weighted by molar-refractivity contribution is 5.88. The predicted molar refractivity (Wildman–Crippen MR) is 114 cm³/mol. The lowest BCUT2D eigenvalue weighted by molar-refractivity contribution is 0.0562. The van der Waals surface area contributed by atoms with Gasteiger partial charge < -0.3 is 4.74 Å². The van der Waals surface area contributed by atoms with Crippen LogP contribution in [0.5, 0.6) is 0 Å². The number of nitrogens with zero attached hydrogens (tertiary/aromatic N) is 3. The van der Waals surface area contributed by atoms with E-state index < -0.39 is 5.60 Å². The number of hydrogen-bond acceptors (Lipinski definition) is 4. The lowest BCUT2D eigenvalue weighted by Crippen LogP contribution is -2.45. The number of anilines is 1. The van der Waals surface area contributed by atoms with Crippen LogP contribution in [0.2, 0.25) is 0 Å². The van der Waals surface area contributed by atoms with Crippen LogP contribution in [-0.2, 0) is 4.74 Å². The third-order valence-corrected chi connectivity index (χ3v) is 5.89. The van der Waals surface area contributed by atoms with Crippen LogP contribution in [0.3, 0.4) is 0 Å². The van der Waals surface area contributed by atoms with E-state index in [0.717, 1.165) is 44.5 Å². The Hall–Kier alpha value is -1.62. The largest absolute Gasteiger partial charge is 0.443 e. The molecule has 1 amide bonds.